The van der Waals surface area contributed by atoms with Gasteiger partial charge in [0.25, 0.3) is 0 Å². The van der Waals surface area contributed by atoms with E-state index in [2.05, 4.69) is 40.1 Å². The third-order valence-corrected chi connectivity index (χ3v) is 3.88. The van der Waals surface area contributed by atoms with Crippen molar-refractivity contribution in [2.75, 3.05) is 7.05 Å². The van der Waals surface area contributed by atoms with E-state index in [4.69, 9.17) is 0 Å². The lowest BCUT2D eigenvalue weighted by Crippen LogP contribution is -2.38. The molecule has 1 N–H and O–H groups in total. The fraction of sp³-hybridized carbons (Fsp3) is 1.00. The Balaban J connectivity index is 2.51. The van der Waals surface area contributed by atoms with Crippen molar-refractivity contribution in [3.8, 4) is 0 Å². The molecule has 15 heavy (non-hydrogen) atoms. The highest BCUT2D eigenvalue weighted by atomic mass is 14.9. The average Bonchev–Trinajstić information content (AvgIpc) is 2.12. The maximum absolute atomic E-state index is 3.54. The highest BCUT2D eigenvalue weighted by Crippen LogP contribution is 2.35. The highest BCUT2D eigenvalue weighted by Gasteiger charge is 2.29. The maximum Gasteiger partial charge on any atom is 0.00949 e. The van der Waals surface area contributed by atoms with E-state index in [9.17, 15) is 0 Å². The van der Waals surface area contributed by atoms with Gasteiger partial charge >= 0.3 is 0 Å². The Morgan fingerprint density at radius 3 is 2.00 bits per heavy atom. The molecule has 0 radical (unpaired) electrons. The van der Waals surface area contributed by atoms with Gasteiger partial charge in [0.2, 0.25) is 0 Å². The Morgan fingerprint density at radius 2 is 1.60 bits per heavy atom. The van der Waals surface area contributed by atoms with E-state index < -0.39 is 0 Å². The third kappa shape index (κ3) is 4.14. The van der Waals surface area contributed by atoms with Crippen LogP contribution in [-0.4, -0.2) is 13.1 Å². The fourth-order valence-electron chi connectivity index (χ4n) is 3.39. The Kier molecular flexibility index (Phi) is 5.11. The van der Waals surface area contributed by atoms with Crippen LogP contribution in [0.5, 0.6) is 0 Å². The monoisotopic (exact) mass is 211 g/mol. The van der Waals surface area contributed by atoms with Crippen molar-refractivity contribution in [1.29, 1.82) is 0 Å². The van der Waals surface area contributed by atoms with Crippen LogP contribution < -0.4 is 5.32 Å². The van der Waals surface area contributed by atoms with Crippen LogP contribution in [0, 0.1) is 23.7 Å². The Hall–Kier alpha value is -0.0400. The summed E-state index contributed by atoms with van der Waals surface area (Å²) in [5, 5.41) is 3.54. The number of rotatable bonds is 4. The minimum Gasteiger partial charge on any atom is -0.317 e. The van der Waals surface area contributed by atoms with Gasteiger partial charge in [-0.15, -0.1) is 0 Å². The number of hydrogen-bond acceptors (Lipinski definition) is 1. The average molecular weight is 211 g/mol. The summed E-state index contributed by atoms with van der Waals surface area (Å²) in [5.41, 5.74) is 0. The minimum absolute atomic E-state index is 0.746. The molecule has 90 valence electrons. The van der Waals surface area contributed by atoms with Gasteiger partial charge in [-0.3, -0.25) is 0 Å². The molecule has 1 rings (SSSR count). The zero-order valence-electron chi connectivity index (χ0n) is 11.2. The molecule has 0 heterocycles. The molecule has 1 saturated carbocycles. The van der Waals surface area contributed by atoms with E-state index in [1.54, 1.807) is 0 Å². The van der Waals surface area contributed by atoms with Crippen molar-refractivity contribution in [2.45, 2.75) is 59.4 Å². The lowest BCUT2D eigenvalue weighted by atomic mass is 9.72. The molecule has 0 aromatic rings. The molecule has 1 nitrogen and oxygen atoms in total. The molecule has 0 bridgehead atoms. The fourth-order valence-corrected chi connectivity index (χ4v) is 3.39. The van der Waals surface area contributed by atoms with Crippen molar-refractivity contribution in [1.82, 2.24) is 5.32 Å². The van der Waals surface area contributed by atoms with Crippen LogP contribution in [0.3, 0.4) is 0 Å². The molecule has 3 atom stereocenters. The van der Waals surface area contributed by atoms with Crippen LogP contribution >= 0.6 is 0 Å². The van der Waals surface area contributed by atoms with Gasteiger partial charge in [0.15, 0.2) is 0 Å². The second-order valence-corrected chi connectivity index (χ2v) is 6.20. The van der Waals surface area contributed by atoms with Crippen molar-refractivity contribution >= 4 is 0 Å². The van der Waals surface area contributed by atoms with Crippen LogP contribution in [0.2, 0.25) is 0 Å². The van der Waals surface area contributed by atoms with Gasteiger partial charge in [0.1, 0.15) is 0 Å². The second-order valence-electron chi connectivity index (χ2n) is 6.20. The van der Waals surface area contributed by atoms with Crippen LogP contribution in [-0.2, 0) is 0 Å². The van der Waals surface area contributed by atoms with Gasteiger partial charge in [0.05, 0.1) is 0 Å². The van der Waals surface area contributed by atoms with E-state index in [0.717, 1.165) is 29.7 Å². The molecule has 1 heteroatoms. The van der Waals surface area contributed by atoms with Crippen molar-refractivity contribution in [3.05, 3.63) is 0 Å². The summed E-state index contributed by atoms with van der Waals surface area (Å²) in [4.78, 5) is 0. The lowest BCUT2D eigenvalue weighted by molar-refractivity contribution is 0.168. The van der Waals surface area contributed by atoms with Crippen LogP contribution in [0.25, 0.3) is 0 Å². The van der Waals surface area contributed by atoms with Gasteiger partial charge in [-0.05, 0) is 56.4 Å². The predicted octanol–water partition coefficient (Wildman–Crippen LogP) is 3.69. The van der Waals surface area contributed by atoms with E-state index in [1.165, 1.54) is 25.7 Å². The Morgan fingerprint density at radius 1 is 1.07 bits per heavy atom. The molecule has 0 aromatic carbocycles. The smallest absolute Gasteiger partial charge is 0.00949 e. The first-order valence-electron chi connectivity index (χ1n) is 6.70. The normalized spacial score (nSPS) is 34.4. The third-order valence-electron chi connectivity index (χ3n) is 3.88. The minimum atomic E-state index is 0.746. The van der Waals surface area contributed by atoms with Gasteiger partial charge in [-0.2, -0.15) is 0 Å². The molecule has 0 amide bonds. The summed E-state index contributed by atoms with van der Waals surface area (Å²) in [6, 6.07) is 0.746. The van der Waals surface area contributed by atoms with E-state index in [0.29, 0.717) is 0 Å². The van der Waals surface area contributed by atoms with Gasteiger partial charge in [-0.25, -0.2) is 0 Å². The topological polar surface area (TPSA) is 12.0 Å². The molecule has 3 unspecified atom stereocenters. The predicted molar refractivity (Wildman–Crippen MR) is 68.0 cm³/mol. The zero-order valence-corrected chi connectivity index (χ0v) is 11.2. The number of nitrogens with one attached hydrogen (secondary N) is 1. The van der Waals surface area contributed by atoms with Crippen LogP contribution in [0.1, 0.15) is 53.4 Å². The molecule has 0 aliphatic heterocycles. The first-order chi connectivity index (χ1) is 7.02. The van der Waals surface area contributed by atoms with Crippen molar-refractivity contribution in [2.24, 2.45) is 23.7 Å². The molecule has 1 fully saturated rings. The molecule has 0 saturated heterocycles. The van der Waals surface area contributed by atoms with Crippen LogP contribution in [0.15, 0.2) is 0 Å². The first kappa shape index (κ1) is 13.0. The Labute approximate surface area is 96.0 Å². The molecule has 0 aromatic heterocycles. The summed E-state index contributed by atoms with van der Waals surface area (Å²) in [7, 11) is 2.14. The SMILES string of the molecule is CNC(CC(C)C)C1CC(C)CC(C)C1. The summed E-state index contributed by atoms with van der Waals surface area (Å²) < 4.78 is 0. The first-order valence-corrected chi connectivity index (χ1v) is 6.70. The zero-order chi connectivity index (χ0) is 11.4. The summed E-state index contributed by atoms with van der Waals surface area (Å²) >= 11 is 0. The van der Waals surface area contributed by atoms with Crippen molar-refractivity contribution in [3.63, 3.8) is 0 Å². The summed E-state index contributed by atoms with van der Waals surface area (Å²) in [5.74, 6) is 3.59. The van der Waals surface area contributed by atoms with Crippen molar-refractivity contribution < 1.29 is 0 Å². The van der Waals surface area contributed by atoms with E-state index in [-0.39, 0.29) is 0 Å². The molecular formula is C14H29N. The largest absolute Gasteiger partial charge is 0.317 e. The highest BCUT2D eigenvalue weighted by molar-refractivity contribution is 4.83. The summed E-state index contributed by atoms with van der Waals surface area (Å²) in [6.45, 7) is 9.51. The summed E-state index contributed by atoms with van der Waals surface area (Å²) in [6.07, 6.45) is 5.64. The second kappa shape index (κ2) is 5.89. The molecule has 1 aliphatic carbocycles. The van der Waals surface area contributed by atoms with E-state index in [1.807, 2.05) is 0 Å². The van der Waals surface area contributed by atoms with Gasteiger partial charge in [-0.1, -0.05) is 27.7 Å². The number of hydrogen-bond donors (Lipinski definition) is 1. The molecular weight excluding hydrogens is 182 g/mol. The lowest BCUT2D eigenvalue weighted by Gasteiger charge is -2.37. The standard InChI is InChI=1S/C14H29N/c1-10(2)6-14(15-5)13-8-11(3)7-12(4)9-13/h10-15H,6-9H2,1-5H3. The maximum atomic E-state index is 3.54. The van der Waals surface area contributed by atoms with Crippen LogP contribution in [0.4, 0.5) is 0 Å². The van der Waals surface area contributed by atoms with Gasteiger partial charge in [0, 0.05) is 6.04 Å². The molecule has 1 aliphatic rings. The van der Waals surface area contributed by atoms with E-state index >= 15 is 0 Å². The Bertz CT molecular complexity index is 166. The van der Waals surface area contributed by atoms with Gasteiger partial charge < -0.3 is 5.32 Å². The quantitative estimate of drug-likeness (QED) is 0.748. The molecule has 0 spiro atoms.